The minimum absolute atomic E-state index is 0.415. The molecule has 15 aromatic rings. The number of aromatic nitrogens is 5. The van der Waals surface area contributed by atoms with Gasteiger partial charge in [0.25, 0.3) is 0 Å². The van der Waals surface area contributed by atoms with Crippen LogP contribution in [0.1, 0.15) is 11.1 Å². The molecule has 0 fully saturated rings. The Kier molecular flexibility index (Phi) is 9.29. The molecule has 0 spiro atoms. The van der Waals surface area contributed by atoms with Crippen molar-refractivity contribution in [1.82, 2.24) is 24.1 Å². The monoisotopic (exact) mass is 977 g/mol. The Morgan fingerprint density at radius 1 is 0.351 bits per heavy atom. The summed E-state index contributed by atoms with van der Waals surface area (Å²) in [6.45, 7) is 0. The smallest absolute Gasteiger partial charge is 0.166 e. The molecule has 5 heterocycles. The van der Waals surface area contributed by atoms with Crippen LogP contribution in [-0.4, -0.2) is 24.1 Å². The van der Waals surface area contributed by atoms with E-state index in [9.17, 15) is 10.5 Å². The van der Waals surface area contributed by atoms with Crippen molar-refractivity contribution < 1.29 is 0 Å². The van der Waals surface area contributed by atoms with Gasteiger partial charge in [0.1, 0.15) is 0 Å². The predicted molar refractivity (Wildman–Crippen MR) is 305 cm³/mol. The van der Waals surface area contributed by atoms with Crippen LogP contribution in [0.5, 0.6) is 0 Å². The van der Waals surface area contributed by atoms with Crippen LogP contribution >= 0.6 is 22.7 Å². The van der Waals surface area contributed by atoms with E-state index in [4.69, 9.17) is 15.0 Å². The summed E-state index contributed by atoms with van der Waals surface area (Å²) in [4.78, 5) is 16.3. The quantitative estimate of drug-likeness (QED) is 0.165. The maximum atomic E-state index is 10.6. The number of hydrogen-bond acceptors (Lipinski definition) is 7. The molecule has 0 amide bonds. The second kappa shape index (κ2) is 16.4. The Bertz CT molecular complexity index is 4950. The van der Waals surface area contributed by atoms with Gasteiger partial charge in [0.15, 0.2) is 17.5 Å². The Morgan fingerprint density at radius 2 is 0.851 bits per heavy atom. The highest BCUT2D eigenvalue weighted by Crippen LogP contribution is 2.47. The van der Waals surface area contributed by atoms with Crippen LogP contribution in [0.3, 0.4) is 0 Å². The number of benzene rings is 10. The van der Waals surface area contributed by atoms with E-state index >= 15 is 0 Å². The lowest BCUT2D eigenvalue weighted by molar-refractivity contribution is 1.06. The van der Waals surface area contributed by atoms with Crippen molar-refractivity contribution in [3.8, 4) is 68.8 Å². The largest absolute Gasteiger partial charge is 0.308 e. The average molecular weight is 978 g/mol. The van der Waals surface area contributed by atoms with Crippen LogP contribution in [0, 0.1) is 22.7 Å². The van der Waals surface area contributed by atoms with Gasteiger partial charge in [-0.2, -0.15) is 10.5 Å². The molecule has 0 bridgehead atoms. The van der Waals surface area contributed by atoms with E-state index in [2.05, 4.69) is 161 Å². The first kappa shape index (κ1) is 42.0. The van der Waals surface area contributed by atoms with Crippen LogP contribution in [0.2, 0.25) is 0 Å². The number of nitriles is 2. The van der Waals surface area contributed by atoms with E-state index < -0.39 is 0 Å². The van der Waals surface area contributed by atoms with Gasteiger partial charge < -0.3 is 9.13 Å². The molecule has 0 unspecified atom stereocenters. The molecular formula is C65H35N7S2. The molecule has 10 aromatic carbocycles. The highest BCUT2D eigenvalue weighted by atomic mass is 32.1. The predicted octanol–water partition coefficient (Wildman–Crippen LogP) is 17.2. The molecule has 0 aliphatic heterocycles. The second-order valence-electron chi connectivity index (χ2n) is 18.5. The summed E-state index contributed by atoms with van der Waals surface area (Å²) in [6.07, 6.45) is 0. The highest BCUT2D eigenvalue weighted by Gasteiger charge is 2.25. The van der Waals surface area contributed by atoms with E-state index in [-0.39, 0.29) is 0 Å². The third-order valence-electron chi connectivity index (χ3n) is 14.5. The van der Waals surface area contributed by atoms with Crippen molar-refractivity contribution in [1.29, 1.82) is 10.5 Å². The fourth-order valence-corrected chi connectivity index (χ4v) is 13.7. The number of hydrogen-bond donors (Lipinski definition) is 0. The molecule has 0 aliphatic rings. The Labute approximate surface area is 431 Å². The lowest BCUT2D eigenvalue weighted by atomic mass is 9.97. The fraction of sp³-hybridized carbons (Fsp3) is 0. The molecule has 0 aliphatic carbocycles. The van der Waals surface area contributed by atoms with Gasteiger partial charge >= 0.3 is 0 Å². The first-order chi connectivity index (χ1) is 36.6. The summed E-state index contributed by atoms with van der Waals surface area (Å²) >= 11 is 3.64. The third kappa shape index (κ3) is 6.25. The minimum Gasteiger partial charge on any atom is -0.308 e. The van der Waals surface area contributed by atoms with Crippen LogP contribution < -0.4 is 0 Å². The first-order valence-corrected chi connectivity index (χ1v) is 25.9. The van der Waals surface area contributed by atoms with E-state index in [1.54, 1.807) is 0 Å². The van der Waals surface area contributed by atoms with Gasteiger partial charge in [-0.05, 0) is 83.9 Å². The van der Waals surface area contributed by atoms with Gasteiger partial charge in [-0.25, -0.2) is 15.0 Å². The van der Waals surface area contributed by atoms with Crippen LogP contribution in [0.25, 0.3) is 141 Å². The van der Waals surface area contributed by atoms with E-state index in [0.29, 0.717) is 34.2 Å². The Morgan fingerprint density at radius 3 is 1.45 bits per heavy atom. The van der Waals surface area contributed by atoms with E-state index in [1.807, 2.05) is 95.5 Å². The molecule has 15 rings (SSSR count). The van der Waals surface area contributed by atoms with Gasteiger partial charge in [0, 0.05) is 78.6 Å². The van der Waals surface area contributed by atoms with Gasteiger partial charge in [-0.15, -0.1) is 22.7 Å². The molecule has 9 heteroatoms. The molecular weight excluding hydrogens is 943 g/mol. The van der Waals surface area contributed by atoms with Gasteiger partial charge in [0.05, 0.1) is 56.7 Å². The molecule has 0 atom stereocenters. The number of para-hydroxylation sites is 2. The van der Waals surface area contributed by atoms with Crippen molar-refractivity contribution >= 4 is 107 Å². The normalized spacial score (nSPS) is 11.8. The Hall–Kier alpha value is -9.77. The van der Waals surface area contributed by atoms with Crippen molar-refractivity contribution in [3.63, 3.8) is 0 Å². The molecule has 0 N–H and O–H groups in total. The lowest BCUT2D eigenvalue weighted by Crippen LogP contribution is -2.06. The number of rotatable bonds is 6. The molecule has 342 valence electrons. The molecule has 0 radical (unpaired) electrons. The number of thiophene rings is 2. The summed E-state index contributed by atoms with van der Waals surface area (Å²) in [6, 6.07) is 78.1. The zero-order valence-corrected chi connectivity index (χ0v) is 40.8. The summed E-state index contributed by atoms with van der Waals surface area (Å²) in [5.41, 5.74) is 10.8. The Balaban J connectivity index is 1.04. The lowest BCUT2D eigenvalue weighted by Gasteiger charge is -2.18. The van der Waals surface area contributed by atoms with Crippen LogP contribution in [-0.2, 0) is 0 Å². The van der Waals surface area contributed by atoms with Crippen molar-refractivity contribution in [2.24, 2.45) is 0 Å². The SMILES string of the molecule is N#Cc1ccc(-n2c3ccccc3c3c4sc5ccccc5c4ccc32)c(-c2nc(-c3ccccc3)nc(-c3cc(-c4ccccc4C#N)ccc3-n3c4ccccc4c4c5sc6ccccc6c5ccc43)n2)c1. The van der Waals surface area contributed by atoms with Gasteiger partial charge in [0.2, 0.25) is 0 Å². The minimum atomic E-state index is 0.415. The van der Waals surface area contributed by atoms with Gasteiger partial charge in [-0.3, -0.25) is 0 Å². The highest BCUT2D eigenvalue weighted by molar-refractivity contribution is 7.27. The summed E-state index contributed by atoms with van der Waals surface area (Å²) in [5.74, 6) is 1.34. The standard InChI is InChI=1S/C65H35N7S2/c66-36-38-26-30-53(71-51-22-10-6-20-47(51)59-55(71)32-28-45-43-18-8-12-24-57(43)73-61(45)59)49(34-38)64-68-63(39-14-2-1-3-15-39)69-65(70-64)50-35-40(42-17-5-4-16-41(42)37-67)27-31-54(50)72-52-23-11-7-21-48(52)60-56(72)33-29-46-44-19-9-13-25-58(44)74-62(46)60/h1-35H. The van der Waals surface area contributed by atoms with Crippen LogP contribution in [0.4, 0.5) is 0 Å². The van der Waals surface area contributed by atoms with E-state index in [1.165, 1.54) is 51.1 Å². The summed E-state index contributed by atoms with van der Waals surface area (Å²) < 4.78 is 9.58. The number of fused-ring (bicyclic) bond motifs is 14. The number of nitrogens with zero attached hydrogens (tertiary/aromatic N) is 7. The van der Waals surface area contributed by atoms with Crippen molar-refractivity contribution in [2.45, 2.75) is 0 Å². The van der Waals surface area contributed by atoms with E-state index in [0.717, 1.165) is 66.5 Å². The topological polar surface area (TPSA) is 96.1 Å². The zero-order chi connectivity index (χ0) is 49.0. The van der Waals surface area contributed by atoms with Gasteiger partial charge in [-0.1, -0.05) is 140 Å². The second-order valence-corrected chi connectivity index (χ2v) is 20.6. The molecule has 0 saturated heterocycles. The first-order valence-electron chi connectivity index (χ1n) is 24.3. The molecule has 5 aromatic heterocycles. The fourth-order valence-electron chi connectivity index (χ4n) is 11.2. The summed E-state index contributed by atoms with van der Waals surface area (Å²) in [5, 5.41) is 30.6. The molecule has 7 nitrogen and oxygen atoms in total. The van der Waals surface area contributed by atoms with Crippen molar-refractivity contribution in [2.75, 3.05) is 0 Å². The molecule has 0 saturated carbocycles. The average Bonchev–Trinajstić information content (AvgIpc) is 4.23. The van der Waals surface area contributed by atoms with Crippen LogP contribution in [0.15, 0.2) is 212 Å². The third-order valence-corrected chi connectivity index (χ3v) is 16.9. The zero-order valence-electron chi connectivity index (χ0n) is 39.2. The maximum absolute atomic E-state index is 10.6. The maximum Gasteiger partial charge on any atom is 0.166 e. The summed E-state index contributed by atoms with van der Waals surface area (Å²) in [7, 11) is 0. The molecule has 74 heavy (non-hydrogen) atoms. The van der Waals surface area contributed by atoms with Crippen molar-refractivity contribution in [3.05, 3.63) is 223 Å².